The Kier molecular flexibility index (Phi) is 5.03. The Hall–Kier alpha value is -1.75. The fraction of sp³-hybridized carbons (Fsp3) is 0.500. The number of nitrogens with two attached hydrogens (primary N) is 1. The smallest absolute Gasteiger partial charge is 0.205 e. The number of nitrogens with one attached hydrogen (secondary N) is 2. The molecule has 5 nitrogen and oxygen atoms in total. The predicted molar refractivity (Wildman–Crippen MR) is 80.1 cm³/mol. The van der Waals surface area contributed by atoms with Crippen LogP contribution >= 0.6 is 0 Å². The number of benzene rings is 1. The molecule has 0 heterocycles. The van der Waals surface area contributed by atoms with Gasteiger partial charge in [0, 0.05) is 31.9 Å². The molecule has 1 aromatic carbocycles. The lowest BCUT2D eigenvalue weighted by Gasteiger charge is -2.18. The van der Waals surface area contributed by atoms with Gasteiger partial charge in [-0.2, -0.15) is 0 Å². The van der Waals surface area contributed by atoms with E-state index in [0.29, 0.717) is 12.0 Å². The maximum absolute atomic E-state index is 5.43. The normalized spacial score (nSPS) is 15.2. The number of hydrogen-bond acceptors (Lipinski definition) is 3. The van der Waals surface area contributed by atoms with Crippen molar-refractivity contribution in [3.8, 4) is 0 Å². The molecule has 0 aliphatic heterocycles. The van der Waals surface area contributed by atoms with Crippen molar-refractivity contribution in [2.24, 2.45) is 10.8 Å². The van der Waals surface area contributed by atoms with Gasteiger partial charge in [0.05, 0.1) is 0 Å². The molecule has 2 rings (SSSR count). The summed E-state index contributed by atoms with van der Waals surface area (Å²) in [6.07, 6.45) is 3.44. The highest BCUT2D eigenvalue weighted by Gasteiger charge is 2.21. The van der Waals surface area contributed by atoms with Crippen LogP contribution in [0.2, 0.25) is 0 Å². The van der Waals surface area contributed by atoms with E-state index in [2.05, 4.69) is 51.9 Å². The van der Waals surface area contributed by atoms with Crippen molar-refractivity contribution >= 4 is 11.6 Å². The Morgan fingerprint density at radius 1 is 1.37 bits per heavy atom. The highest BCUT2D eigenvalue weighted by atomic mass is 15.3. The van der Waals surface area contributed by atoms with Crippen molar-refractivity contribution in [3.05, 3.63) is 30.3 Å². The summed E-state index contributed by atoms with van der Waals surface area (Å²) in [5.41, 5.74) is 3.85. The number of rotatable bonds is 6. The van der Waals surface area contributed by atoms with Gasteiger partial charge in [0.2, 0.25) is 5.96 Å². The van der Waals surface area contributed by atoms with Crippen LogP contribution in [0.1, 0.15) is 19.3 Å². The number of hydrazine groups is 1. The van der Waals surface area contributed by atoms with Gasteiger partial charge in [0.25, 0.3) is 0 Å². The van der Waals surface area contributed by atoms with E-state index in [0.717, 1.165) is 19.5 Å². The second-order valence-corrected chi connectivity index (χ2v) is 4.90. The first-order valence-corrected chi connectivity index (χ1v) is 6.83. The third kappa shape index (κ3) is 4.79. The Morgan fingerprint density at radius 2 is 2.11 bits per heavy atom. The van der Waals surface area contributed by atoms with E-state index < -0.39 is 0 Å². The maximum atomic E-state index is 5.43. The average molecular weight is 261 g/mol. The number of aliphatic imine (C=N–C) groups is 1. The van der Waals surface area contributed by atoms with Crippen LogP contribution in [0.15, 0.2) is 35.3 Å². The van der Waals surface area contributed by atoms with Crippen LogP contribution in [0, 0.1) is 0 Å². The second-order valence-electron chi connectivity index (χ2n) is 4.90. The summed E-state index contributed by atoms with van der Waals surface area (Å²) < 4.78 is 0. The van der Waals surface area contributed by atoms with E-state index in [1.165, 1.54) is 18.5 Å². The lowest BCUT2D eigenvalue weighted by Crippen LogP contribution is -2.42. The van der Waals surface area contributed by atoms with Gasteiger partial charge in [-0.1, -0.05) is 18.2 Å². The molecule has 0 aromatic heterocycles. The van der Waals surface area contributed by atoms with Gasteiger partial charge >= 0.3 is 0 Å². The number of anilines is 1. The van der Waals surface area contributed by atoms with Gasteiger partial charge in [0.15, 0.2) is 0 Å². The third-order valence-electron chi connectivity index (χ3n) is 3.17. The van der Waals surface area contributed by atoms with E-state index in [1.807, 2.05) is 6.07 Å². The fourth-order valence-electron chi connectivity index (χ4n) is 1.86. The molecule has 0 atom stereocenters. The summed E-state index contributed by atoms with van der Waals surface area (Å²) in [7, 11) is 2.10. The molecule has 4 N–H and O–H groups in total. The molecule has 0 spiro atoms. The van der Waals surface area contributed by atoms with Crippen molar-refractivity contribution in [1.82, 2.24) is 10.7 Å². The van der Waals surface area contributed by atoms with Crippen LogP contribution < -0.4 is 21.5 Å². The zero-order valence-corrected chi connectivity index (χ0v) is 11.5. The second kappa shape index (κ2) is 6.99. The van der Waals surface area contributed by atoms with Crippen LogP contribution in [0.4, 0.5) is 5.69 Å². The van der Waals surface area contributed by atoms with Crippen LogP contribution in [0.3, 0.4) is 0 Å². The molecule has 0 amide bonds. The molecular formula is C14H23N5. The topological polar surface area (TPSA) is 65.7 Å². The molecule has 1 fully saturated rings. The van der Waals surface area contributed by atoms with Crippen molar-refractivity contribution < 1.29 is 0 Å². The average Bonchev–Trinajstić information content (AvgIpc) is 3.27. The summed E-state index contributed by atoms with van der Waals surface area (Å²) >= 11 is 0. The first-order chi connectivity index (χ1) is 9.29. The van der Waals surface area contributed by atoms with Crippen molar-refractivity contribution in [3.63, 3.8) is 0 Å². The summed E-state index contributed by atoms with van der Waals surface area (Å²) in [5.74, 6) is 6.14. The summed E-state index contributed by atoms with van der Waals surface area (Å²) in [6, 6.07) is 10.9. The molecular weight excluding hydrogens is 238 g/mol. The fourth-order valence-corrected chi connectivity index (χ4v) is 1.86. The molecule has 0 bridgehead atoms. The van der Waals surface area contributed by atoms with Crippen LogP contribution in [0.5, 0.6) is 0 Å². The Morgan fingerprint density at radius 3 is 2.74 bits per heavy atom. The first kappa shape index (κ1) is 13.7. The monoisotopic (exact) mass is 261 g/mol. The molecule has 1 aliphatic rings. The number of guanidine groups is 1. The molecule has 19 heavy (non-hydrogen) atoms. The zero-order valence-electron chi connectivity index (χ0n) is 11.5. The van der Waals surface area contributed by atoms with Crippen LogP contribution in [-0.2, 0) is 0 Å². The Bertz CT molecular complexity index is 400. The molecule has 1 saturated carbocycles. The highest BCUT2D eigenvalue weighted by molar-refractivity contribution is 5.79. The predicted octanol–water partition coefficient (Wildman–Crippen LogP) is 1.08. The summed E-state index contributed by atoms with van der Waals surface area (Å²) in [6.45, 7) is 1.76. The number of hydrogen-bond donors (Lipinski definition) is 3. The molecule has 1 aromatic rings. The zero-order chi connectivity index (χ0) is 13.5. The van der Waals surface area contributed by atoms with E-state index in [-0.39, 0.29) is 0 Å². The van der Waals surface area contributed by atoms with E-state index >= 15 is 0 Å². The maximum Gasteiger partial charge on any atom is 0.205 e. The van der Waals surface area contributed by atoms with Crippen molar-refractivity contribution in [2.45, 2.75) is 25.3 Å². The van der Waals surface area contributed by atoms with E-state index in [4.69, 9.17) is 5.84 Å². The Balaban J connectivity index is 1.69. The minimum Gasteiger partial charge on any atom is -0.375 e. The standard InChI is InChI=1S/C14H23N5/c1-19(13-6-3-2-4-7-13)11-5-10-16-14(18-15)17-12-8-9-12/h2-4,6-7,12H,5,8-11,15H2,1H3,(H2,16,17,18). The van der Waals surface area contributed by atoms with Crippen molar-refractivity contribution in [2.75, 3.05) is 25.0 Å². The quantitative estimate of drug-likeness (QED) is 0.236. The lowest BCUT2D eigenvalue weighted by atomic mass is 10.3. The minimum atomic E-state index is 0.571. The molecule has 5 heteroatoms. The van der Waals surface area contributed by atoms with Crippen LogP contribution in [-0.4, -0.2) is 32.1 Å². The minimum absolute atomic E-state index is 0.571. The molecule has 104 valence electrons. The van der Waals surface area contributed by atoms with E-state index in [1.54, 1.807) is 0 Å². The molecule has 1 aliphatic carbocycles. The molecule has 0 saturated heterocycles. The lowest BCUT2D eigenvalue weighted by molar-refractivity contribution is 0.770. The van der Waals surface area contributed by atoms with Gasteiger partial charge < -0.3 is 10.2 Å². The summed E-state index contributed by atoms with van der Waals surface area (Å²) in [4.78, 5) is 6.67. The van der Waals surface area contributed by atoms with Gasteiger partial charge in [-0.05, 0) is 31.4 Å². The van der Waals surface area contributed by atoms with E-state index in [9.17, 15) is 0 Å². The van der Waals surface area contributed by atoms with Gasteiger partial charge in [-0.3, -0.25) is 10.4 Å². The van der Waals surface area contributed by atoms with Gasteiger partial charge in [0.1, 0.15) is 0 Å². The van der Waals surface area contributed by atoms with Gasteiger partial charge in [-0.15, -0.1) is 0 Å². The first-order valence-electron chi connectivity index (χ1n) is 6.83. The molecule has 0 unspecified atom stereocenters. The van der Waals surface area contributed by atoms with Crippen LogP contribution in [0.25, 0.3) is 0 Å². The summed E-state index contributed by atoms with van der Waals surface area (Å²) in [5, 5.41) is 3.26. The third-order valence-corrected chi connectivity index (χ3v) is 3.17. The van der Waals surface area contributed by atoms with Gasteiger partial charge in [-0.25, -0.2) is 5.84 Å². The SMILES string of the molecule is CN(CCCN=C(NN)NC1CC1)c1ccccc1. The largest absolute Gasteiger partial charge is 0.375 e. The number of para-hydroxylation sites is 1. The van der Waals surface area contributed by atoms with Crippen molar-refractivity contribution in [1.29, 1.82) is 0 Å². The Labute approximate surface area is 114 Å². The highest BCUT2D eigenvalue weighted by Crippen LogP contribution is 2.18. The number of nitrogens with zero attached hydrogens (tertiary/aromatic N) is 2. The molecule has 0 radical (unpaired) electrons.